The van der Waals surface area contributed by atoms with E-state index in [-0.39, 0.29) is 0 Å². The second kappa shape index (κ2) is 6.46. The van der Waals surface area contributed by atoms with E-state index in [1.165, 1.54) is 28.1 Å². The summed E-state index contributed by atoms with van der Waals surface area (Å²) in [5, 5.41) is 10.8. The van der Waals surface area contributed by atoms with Gasteiger partial charge in [0.05, 0.1) is 6.20 Å². The number of nitrogens with one attached hydrogen (secondary N) is 2. The Bertz CT molecular complexity index is 564. The van der Waals surface area contributed by atoms with Gasteiger partial charge in [-0.3, -0.25) is 5.10 Å². The third-order valence-corrected chi connectivity index (χ3v) is 5.00. The predicted octanol–water partition coefficient (Wildman–Crippen LogP) is 3.23. The Labute approximate surface area is 124 Å². The number of benzene rings is 1. The van der Waals surface area contributed by atoms with E-state index in [0.29, 0.717) is 6.04 Å². The minimum atomic E-state index is 0.510. The zero-order valence-electron chi connectivity index (χ0n) is 11.9. The molecule has 0 fully saturated rings. The number of hydrogen-bond acceptors (Lipinski definition) is 3. The van der Waals surface area contributed by atoms with Gasteiger partial charge in [-0.15, -0.1) is 0 Å². The lowest BCUT2D eigenvalue weighted by Crippen LogP contribution is -2.27. The third kappa shape index (κ3) is 3.07. The Kier molecular flexibility index (Phi) is 4.43. The summed E-state index contributed by atoms with van der Waals surface area (Å²) < 4.78 is 0. The van der Waals surface area contributed by atoms with Gasteiger partial charge in [0.1, 0.15) is 0 Å². The number of aromatic amines is 1. The lowest BCUT2D eigenvalue weighted by molar-refractivity contribution is 0.558. The summed E-state index contributed by atoms with van der Waals surface area (Å²) in [7, 11) is 0. The molecule has 0 saturated heterocycles. The van der Waals surface area contributed by atoms with Gasteiger partial charge in [-0.25, -0.2) is 0 Å². The van der Waals surface area contributed by atoms with Crippen molar-refractivity contribution >= 4 is 11.8 Å². The average Bonchev–Trinajstić information content (AvgIpc) is 2.89. The molecule has 4 heteroatoms. The maximum Gasteiger partial charge on any atom is 0.0522 e. The molecule has 0 radical (unpaired) electrons. The molecule has 0 aliphatic carbocycles. The van der Waals surface area contributed by atoms with Crippen molar-refractivity contribution in [3.63, 3.8) is 0 Å². The maximum atomic E-state index is 4.07. The fourth-order valence-corrected chi connectivity index (χ4v) is 3.87. The molecule has 1 aromatic carbocycles. The second-order valence-electron chi connectivity index (χ2n) is 5.34. The van der Waals surface area contributed by atoms with E-state index < -0.39 is 0 Å². The normalized spacial score (nSPS) is 17.9. The van der Waals surface area contributed by atoms with Gasteiger partial charge in [0.25, 0.3) is 0 Å². The summed E-state index contributed by atoms with van der Waals surface area (Å²) in [6.45, 7) is 3.15. The van der Waals surface area contributed by atoms with Crippen LogP contribution >= 0.6 is 11.8 Å². The van der Waals surface area contributed by atoms with E-state index in [9.17, 15) is 0 Å². The second-order valence-corrected chi connectivity index (χ2v) is 6.37. The van der Waals surface area contributed by atoms with Crippen LogP contribution in [0.25, 0.3) is 0 Å². The molecular formula is C16H21N3S. The standard InChI is InChI=1S/C16H21N3S/c1-12-13(9-18-19-12)6-4-8-17-16-11-20-10-14-5-2-3-7-15(14)16/h2-3,5,7,9,16-17H,4,6,8,10-11H2,1H3,(H,18,19). The van der Waals surface area contributed by atoms with Crippen molar-refractivity contribution in [2.75, 3.05) is 12.3 Å². The third-order valence-electron chi connectivity index (χ3n) is 3.92. The first kappa shape index (κ1) is 13.7. The van der Waals surface area contributed by atoms with Gasteiger partial charge in [0, 0.05) is 23.2 Å². The molecule has 3 rings (SSSR count). The van der Waals surface area contributed by atoms with Crippen LogP contribution in [0, 0.1) is 6.92 Å². The summed E-state index contributed by atoms with van der Waals surface area (Å²) >= 11 is 2.03. The first-order valence-electron chi connectivity index (χ1n) is 7.22. The van der Waals surface area contributed by atoms with Crippen LogP contribution in [0.4, 0.5) is 0 Å². The Balaban J connectivity index is 1.51. The minimum absolute atomic E-state index is 0.510. The Morgan fingerprint density at radius 2 is 2.30 bits per heavy atom. The van der Waals surface area contributed by atoms with Crippen LogP contribution in [-0.2, 0) is 12.2 Å². The van der Waals surface area contributed by atoms with Gasteiger partial charge < -0.3 is 5.32 Å². The number of hydrogen-bond donors (Lipinski definition) is 2. The van der Waals surface area contributed by atoms with Gasteiger partial charge in [-0.2, -0.15) is 16.9 Å². The highest BCUT2D eigenvalue weighted by atomic mass is 32.2. The average molecular weight is 287 g/mol. The molecule has 0 amide bonds. The molecule has 0 spiro atoms. The van der Waals surface area contributed by atoms with Crippen LogP contribution in [0.15, 0.2) is 30.5 Å². The number of thioether (sulfide) groups is 1. The smallest absolute Gasteiger partial charge is 0.0522 e. The summed E-state index contributed by atoms with van der Waals surface area (Å²) in [4.78, 5) is 0. The molecular weight excluding hydrogens is 266 g/mol. The highest BCUT2D eigenvalue weighted by Crippen LogP contribution is 2.31. The molecule has 0 saturated carbocycles. The molecule has 2 aromatic rings. The van der Waals surface area contributed by atoms with Gasteiger partial charge >= 0.3 is 0 Å². The van der Waals surface area contributed by atoms with Crippen LogP contribution in [0.1, 0.15) is 34.8 Å². The number of H-pyrrole nitrogens is 1. The lowest BCUT2D eigenvalue weighted by Gasteiger charge is -2.26. The van der Waals surface area contributed by atoms with Crippen LogP contribution in [0.5, 0.6) is 0 Å². The maximum absolute atomic E-state index is 4.07. The summed E-state index contributed by atoms with van der Waals surface area (Å²) in [5.41, 5.74) is 5.52. The zero-order valence-corrected chi connectivity index (χ0v) is 12.7. The fraction of sp³-hybridized carbons (Fsp3) is 0.438. The number of rotatable bonds is 5. The predicted molar refractivity (Wildman–Crippen MR) is 85.0 cm³/mol. The highest BCUT2D eigenvalue weighted by Gasteiger charge is 2.19. The SMILES string of the molecule is Cc1[nH]ncc1CCCNC1CSCc2ccccc21. The van der Waals surface area contributed by atoms with Crippen LogP contribution in [0.3, 0.4) is 0 Å². The van der Waals surface area contributed by atoms with E-state index in [4.69, 9.17) is 0 Å². The Hall–Kier alpha value is -1.26. The number of nitrogens with zero attached hydrogens (tertiary/aromatic N) is 1. The van der Waals surface area contributed by atoms with E-state index >= 15 is 0 Å². The Morgan fingerprint density at radius 1 is 1.40 bits per heavy atom. The molecule has 2 N–H and O–H groups in total. The molecule has 1 unspecified atom stereocenters. The van der Waals surface area contributed by atoms with Crippen molar-refractivity contribution in [2.24, 2.45) is 0 Å². The molecule has 20 heavy (non-hydrogen) atoms. The molecule has 1 aromatic heterocycles. The Morgan fingerprint density at radius 3 is 3.15 bits per heavy atom. The van der Waals surface area contributed by atoms with Crippen molar-refractivity contribution in [1.82, 2.24) is 15.5 Å². The number of fused-ring (bicyclic) bond motifs is 1. The van der Waals surface area contributed by atoms with Gasteiger partial charge in [-0.05, 0) is 43.0 Å². The quantitative estimate of drug-likeness (QED) is 0.830. The van der Waals surface area contributed by atoms with Crippen molar-refractivity contribution in [3.8, 4) is 0 Å². The molecule has 3 nitrogen and oxygen atoms in total. The van der Waals surface area contributed by atoms with E-state index in [2.05, 4.69) is 46.7 Å². The van der Waals surface area contributed by atoms with Crippen LogP contribution < -0.4 is 5.32 Å². The number of aryl methyl sites for hydroxylation is 2. The first-order valence-corrected chi connectivity index (χ1v) is 8.38. The first-order chi connectivity index (χ1) is 9.84. The van der Waals surface area contributed by atoms with Gasteiger partial charge in [-0.1, -0.05) is 24.3 Å². The minimum Gasteiger partial charge on any atom is -0.309 e. The van der Waals surface area contributed by atoms with Crippen LogP contribution in [-0.4, -0.2) is 22.5 Å². The molecule has 0 bridgehead atoms. The van der Waals surface area contributed by atoms with Crippen LogP contribution in [0.2, 0.25) is 0 Å². The van der Waals surface area contributed by atoms with Crippen molar-refractivity contribution in [2.45, 2.75) is 31.6 Å². The van der Waals surface area contributed by atoms with E-state index in [1.54, 1.807) is 0 Å². The monoisotopic (exact) mass is 287 g/mol. The van der Waals surface area contributed by atoms with Gasteiger partial charge in [0.2, 0.25) is 0 Å². The zero-order chi connectivity index (χ0) is 13.8. The van der Waals surface area contributed by atoms with Crippen molar-refractivity contribution < 1.29 is 0 Å². The summed E-state index contributed by atoms with van der Waals surface area (Å²) in [6.07, 6.45) is 4.20. The molecule has 2 heterocycles. The summed E-state index contributed by atoms with van der Waals surface area (Å²) in [6, 6.07) is 9.33. The topological polar surface area (TPSA) is 40.7 Å². The molecule has 1 aliphatic heterocycles. The largest absolute Gasteiger partial charge is 0.309 e. The van der Waals surface area contributed by atoms with Crippen molar-refractivity contribution in [1.29, 1.82) is 0 Å². The molecule has 106 valence electrons. The summed E-state index contributed by atoms with van der Waals surface area (Å²) in [5.74, 6) is 2.34. The van der Waals surface area contributed by atoms with Gasteiger partial charge in [0.15, 0.2) is 0 Å². The molecule has 1 aliphatic rings. The molecule has 1 atom stereocenters. The fourth-order valence-electron chi connectivity index (χ4n) is 2.73. The number of aromatic nitrogens is 2. The van der Waals surface area contributed by atoms with E-state index in [1.807, 2.05) is 18.0 Å². The van der Waals surface area contributed by atoms with Crippen molar-refractivity contribution in [3.05, 3.63) is 52.8 Å². The highest BCUT2D eigenvalue weighted by molar-refractivity contribution is 7.98. The lowest BCUT2D eigenvalue weighted by atomic mass is 10.0. The van der Waals surface area contributed by atoms with E-state index in [0.717, 1.165) is 25.1 Å².